The van der Waals surface area contributed by atoms with E-state index in [9.17, 15) is 4.79 Å². The summed E-state index contributed by atoms with van der Waals surface area (Å²) >= 11 is 0. The zero-order valence-corrected chi connectivity index (χ0v) is 15.6. The fourth-order valence-corrected chi connectivity index (χ4v) is 3.51. The quantitative estimate of drug-likeness (QED) is 0.663. The van der Waals surface area contributed by atoms with Gasteiger partial charge in [0.25, 0.3) is 5.91 Å². The van der Waals surface area contributed by atoms with Crippen molar-refractivity contribution in [1.29, 1.82) is 0 Å². The van der Waals surface area contributed by atoms with Crippen molar-refractivity contribution in [2.45, 2.75) is 20.3 Å². The van der Waals surface area contributed by atoms with Crippen LogP contribution in [-0.4, -0.2) is 10.9 Å². The molecule has 1 amide bonds. The summed E-state index contributed by atoms with van der Waals surface area (Å²) in [6.07, 6.45) is 2.96. The number of carbonyl (C=O) groups excluding carboxylic acids is 1. The average molecular weight is 354 g/mol. The van der Waals surface area contributed by atoms with Crippen LogP contribution in [0.3, 0.4) is 0 Å². The zero-order chi connectivity index (χ0) is 18.8. The summed E-state index contributed by atoms with van der Waals surface area (Å²) in [6, 6.07) is 21.5. The molecule has 0 unspecified atom stereocenters. The molecule has 3 heteroatoms. The zero-order valence-electron chi connectivity index (χ0n) is 15.6. The molecule has 0 aliphatic heterocycles. The molecule has 0 saturated heterocycles. The highest BCUT2D eigenvalue weighted by Crippen LogP contribution is 2.35. The van der Waals surface area contributed by atoms with Gasteiger partial charge in [-0.15, -0.1) is 0 Å². The molecule has 0 spiro atoms. The van der Waals surface area contributed by atoms with E-state index >= 15 is 0 Å². The van der Waals surface area contributed by atoms with Crippen LogP contribution in [0, 0.1) is 5.92 Å². The topological polar surface area (TPSA) is 42.0 Å². The molecular formula is C24H22N2O. The maximum Gasteiger partial charge on any atom is 0.256 e. The van der Waals surface area contributed by atoms with Crippen molar-refractivity contribution in [1.82, 2.24) is 4.98 Å². The highest BCUT2D eigenvalue weighted by molar-refractivity contribution is 6.07. The van der Waals surface area contributed by atoms with Crippen LogP contribution in [0.2, 0.25) is 0 Å². The summed E-state index contributed by atoms with van der Waals surface area (Å²) in [7, 11) is 0. The second kappa shape index (κ2) is 7.20. The fourth-order valence-electron chi connectivity index (χ4n) is 3.51. The number of rotatable bonds is 4. The van der Waals surface area contributed by atoms with E-state index < -0.39 is 0 Å². The normalized spacial score (nSPS) is 12.6. The van der Waals surface area contributed by atoms with Crippen molar-refractivity contribution in [3.05, 3.63) is 89.6 Å². The third-order valence-electron chi connectivity index (χ3n) is 4.89. The third kappa shape index (κ3) is 3.41. The highest BCUT2D eigenvalue weighted by atomic mass is 16.1. The Morgan fingerprint density at radius 2 is 1.67 bits per heavy atom. The Labute approximate surface area is 159 Å². The van der Waals surface area contributed by atoms with Crippen molar-refractivity contribution >= 4 is 17.2 Å². The molecule has 27 heavy (non-hydrogen) atoms. The van der Waals surface area contributed by atoms with E-state index in [0.717, 1.165) is 34.6 Å². The van der Waals surface area contributed by atoms with E-state index in [0.29, 0.717) is 11.5 Å². The van der Waals surface area contributed by atoms with Crippen molar-refractivity contribution in [2.24, 2.45) is 5.92 Å². The van der Waals surface area contributed by atoms with Crippen LogP contribution in [-0.2, 0) is 6.42 Å². The fraction of sp³-hybridized carbons (Fsp3) is 0.167. The lowest BCUT2D eigenvalue weighted by molar-refractivity contribution is 0.102. The van der Waals surface area contributed by atoms with Crippen LogP contribution in [0.25, 0.3) is 16.8 Å². The van der Waals surface area contributed by atoms with Gasteiger partial charge in [-0.05, 0) is 41.7 Å². The number of amides is 1. The number of fused-ring (bicyclic) bond motifs is 1. The van der Waals surface area contributed by atoms with E-state index in [2.05, 4.69) is 25.2 Å². The Balaban J connectivity index is 1.80. The van der Waals surface area contributed by atoms with E-state index in [-0.39, 0.29) is 5.91 Å². The Bertz CT molecular complexity index is 1010. The molecule has 1 aliphatic rings. The summed E-state index contributed by atoms with van der Waals surface area (Å²) in [5.41, 5.74) is 6.55. The lowest BCUT2D eigenvalue weighted by Gasteiger charge is -2.15. The number of pyridine rings is 1. The summed E-state index contributed by atoms with van der Waals surface area (Å²) in [6.45, 7) is 4.34. The van der Waals surface area contributed by atoms with Gasteiger partial charge in [0.2, 0.25) is 0 Å². The minimum atomic E-state index is -0.0876. The van der Waals surface area contributed by atoms with Crippen molar-refractivity contribution in [3.63, 3.8) is 0 Å². The van der Waals surface area contributed by atoms with Gasteiger partial charge >= 0.3 is 0 Å². The van der Waals surface area contributed by atoms with Crippen LogP contribution in [0.5, 0.6) is 0 Å². The maximum atomic E-state index is 13.1. The minimum Gasteiger partial charge on any atom is -0.322 e. The Hall–Kier alpha value is -3.20. The third-order valence-corrected chi connectivity index (χ3v) is 4.89. The lowest BCUT2D eigenvalue weighted by Crippen LogP contribution is -2.15. The van der Waals surface area contributed by atoms with Crippen molar-refractivity contribution < 1.29 is 4.79 Å². The molecule has 4 rings (SSSR count). The summed E-state index contributed by atoms with van der Waals surface area (Å²) in [4.78, 5) is 18.0. The molecule has 3 aromatic rings. The molecule has 1 aliphatic carbocycles. The summed E-state index contributed by atoms with van der Waals surface area (Å²) in [5.74, 6) is 0.283. The Morgan fingerprint density at radius 3 is 2.33 bits per heavy atom. The van der Waals surface area contributed by atoms with Gasteiger partial charge in [0, 0.05) is 16.8 Å². The van der Waals surface area contributed by atoms with E-state index in [1.807, 2.05) is 66.7 Å². The molecule has 0 bridgehead atoms. The number of benzene rings is 2. The van der Waals surface area contributed by atoms with E-state index in [1.54, 1.807) is 0 Å². The average Bonchev–Trinajstić information content (AvgIpc) is 3.13. The number of aromatic nitrogens is 1. The van der Waals surface area contributed by atoms with Crippen LogP contribution in [0.4, 0.5) is 5.69 Å². The Morgan fingerprint density at radius 1 is 1.00 bits per heavy atom. The molecule has 0 radical (unpaired) electrons. The number of nitrogens with one attached hydrogen (secondary N) is 1. The highest BCUT2D eigenvalue weighted by Gasteiger charge is 2.25. The standard InChI is InChI=1S/C24H22N2O/c1-16(2)19-13-14-20-21(24(27)25-18-11-7-4-8-12-18)15-22(26-23(19)20)17-9-5-3-6-10-17/h3-13,15-16H,14H2,1-2H3,(H,25,27). The molecule has 1 heterocycles. The number of allylic oxidation sites excluding steroid dienone is 2. The molecule has 3 nitrogen and oxygen atoms in total. The van der Waals surface area contributed by atoms with Crippen LogP contribution >= 0.6 is 0 Å². The number of hydrogen-bond donors (Lipinski definition) is 1. The lowest BCUT2D eigenvalue weighted by atomic mass is 9.97. The number of nitrogens with zero attached hydrogens (tertiary/aromatic N) is 1. The van der Waals surface area contributed by atoms with E-state index in [1.165, 1.54) is 5.57 Å². The van der Waals surface area contributed by atoms with Gasteiger partial charge in [-0.25, -0.2) is 4.98 Å². The van der Waals surface area contributed by atoms with Crippen LogP contribution in [0.1, 0.15) is 35.5 Å². The first-order valence-electron chi connectivity index (χ1n) is 9.29. The van der Waals surface area contributed by atoms with Gasteiger partial charge in [-0.3, -0.25) is 4.79 Å². The number of para-hydroxylation sites is 1. The predicted octanol–water partition coefficient (Wildman–Crippen LogP) is 5.60. The van der Waals surface area contributed by atoms with Gasteiger partial charge in [-0.1, -0.05) is 68.5 Å². The SMILES string of the molecule is CC(C)C1=CCc2c(C(=O)Nc3ccccc3)cc(-c3ccccc3)nc21. The molecule has 0 fully saturated rings. The molecule has 0 atom stereocenters. The molecule has 1 aromatic heterocycles. The number of carbonyl (C=O) groups is 1. The van der Waals surface area contributed by atoms with Crippen LogP contribution in [0.15, 0.2) is 72.8 Å². The molecular weight excluding hydrogens is 332 g/mol. The molecule has 134 valence electrons. The molecule has 0 saturated carbocycles. The first-order valence-corrected chi connectivity index (χ1v) is 9.29. The summed E-state index contributed by atoms with van der Waals surface area (Å²) in [5, 5.41) is 3.02. The van der Waals surface area contributed by atoms with Gasteiger partial charge < -0.3 is 5.32 Å². The molecule has 1 N–H and O–H groups in total. The minimum absolute atomic E-state index is 0.0876. The van der Waals surface area contributed by atoms with Gasteiger partial charge in [0.1, 0.15) is 0 Å². The van der Waals surface area contributed by atoms with E-state index in [4.69, 9.17) is 4.98 Å². The number of hydrogen-bond acceptors (Lipinski definition) is 2. The summed E-state index contributed by atoms with van der Waals surface area (Å²) < 4.78 is 0. The van der Waals surface area contributed by atoms with Gasteiger partial charge in [0.05, 0.1) is 11.4 Å². The largest absolute Gasteiger partial charge is 0.322 e. The Kier molecular flexibility index (Phi) is 4.59. The first-order chi connectivity index (χ1) is 13.1. The van der Waals surface area contributed by atoms with Crippen molar-refractivity contribution in [2.75, 3.05) is 5.32 Å². The second-order valence-electron chi connectivity index (χ2n) is 7.09. The maximum absolute atomic E-state index is 13.1. The van der Waals surface area contributed by atoms with Crippen LogP contribution < -0.4 is 5.32 Å². The smallest absolute Gasteiger partial charge is 0.256 e. The molecule has 2 aromatic carbocycles. The number of anilines is 1. The predicted molar refractivity (Wildman–Crippen MR) is 111 cm³/mol. The van der Waals surface area contributed by atoms with Crippen molar-refractivity contribution in [3.8, 4) is 11.3 Å². The van der Waals surface area contributed by atoms with Gasteiger partial charge in [0.15, 0.2) is 0 Å². The second-order valence-corrected chi connectivity index (χ2v) is 7.09. The van der Waals surface area contributed by atoms with Gasteiger partial charge in [-0.2, -0.15) is 0 Å². The first kappa shape index (κ1) is 17.2. The monoisotopic (exact) mass is 354 g/mol.